The van der Waals surface area contributed by atoms with E-state index in [1.165, 1.54) is 0 Å². The Hall–Kier alpha value is -1.64. The number of nitrogens with one attached hydrogen (secondary N) is 3. The Morgan fingerprint density at radius 3 is 2.61 bits per heavy atom. The van der Waals surface area contributed by atoms with Gasteiger partial charge in [0.25, 0.3) is 5.91 Å². The Labute approximate surface area is 137 Å². The number of carbonyl (C=O) groups excluding carboxylic acids is 1. The highest BCUT2D eigenvalue weighted by molar-refractivity contribution is 7.92. The van der Waals surface area contributed by atoms with Gasteiger partial charge in [0.1, 0.15) is 0 Å². The number of para-hydroxylation sites is 1. The molecule has 0 atom stereocenters. The second kappa shape index (κ2) is 10.2. The fourth-order valence-corrected chi connectivity index (χ4v) is 3.07. The fourth-order valence-electron chi connectivity index (χ4n) is 1.92. The predicted molar refractivity (Wildman–Crippen MR) is 91.2 cm³/mol. The number of carbonyl (C=O) groups is 1. The maximum Gasteiger partial charge on any atom is 0.253 e. The van der Waals surface area contributed by atoms with Crippen LogP contribution < -0.4 is 15.4 Å². The molecule has 7 nitrogen and oxygen atoms in total. The molecule has 1 aromatic carbocycles. The van der Waals surface area contributed by atoms with Crippen LogP contribution >= 0.6 is 0 Å². The zero-order valence-corrected chi connectivity index (χ0v) is 14.4. The van der Waals surface area contributed by atoms with Crippen molar-refractivity contribution in [2.45, 2.75) is 13.3 Å². The zero-order valence-electron chi connectivity index (χ0n) is 13.6. The average Bonchev–Trinajstić information content (AvgIpc) is 2.50. The van der Waals surface area contributed by atoms with Gasteiger partial charge in [-0.2, -0.15) is 0 Å². The average molecular weight is 343 g/mol. The van der Waals surface area contributed by atoms with Crippen LogP contribution in [0.25, 0.3) is 0 Å². The minimum Gasteiger partial charge on any atom is -0.383 e. The first-order valence-corrected chi connectivity index (χ1v) is 9.22. The van der Waals surface area contributed by atoms with E-state index >= 15 is 0 Å². The topological polar surface area (TPSA) is 96.5 Å². The van der Waals surface area contributed by atoms with Crippen LogP contribution in [0.2, 0.25) is 0 Å². The summed E-state index contributed by atoms with van der Waals surface area (Å²) >= 11 is 0. The molecule has 0 heterocycles. The fraction of sp³-hybridized carbons (Fsp3) is 0.533. The van der Waals surface area contributed by atoms with Crippen LogP contribution in [0.1, 0.15) is 23.7 Å². The molecule has 0 aliphatic rings. The highest BCUT2D eigenvalue weighted by atomic mass is 32.2. The zero-order chi connectivity index (χ0) is 17.1. The normalized spacial score (nSPS) is 11.2. The molecule has 0 radical (unpaired) electrons. The van der Waals surface area contributed by atoms with Crippen molar-refractivity contribution in [2.75, 3.05) is 43.8 Å². The van der Waals surface area contributed by atoms with Gasteiger partial charge in [-0.3, -0.25) is 9.52 Å². The number of rotatable bonds is 11. The molecule has 0 unspecified atom stereocenters. The van der Waals surface area contributed by atoms with Gasteiger partial charge in [0.15, 0.2) is 0 Å². The lowest BCUT2D eigenvalue weighted by atomic mass is 10.1. The summed E-state index contributed by atoms with van der Waals surface area (Å²) in [5, 5.41) is 5.87. The molecule has 8 heteroatoms. The molecule has 3 N–H and O–H groups in total. The van der Waals surface area contributed by atoms with Crippen LogP contribution in [0.5, 0.6) is 0 Å². The molecule has 1 rings (SSSR count). The van der Waals surface area contributed by atoms with E-state index < -0.39 is 10.0 Å². The van der Waals surface area contributed by atoms with Gasteiger partial charge in [-0.25, -0.2) is 8.42 Å². The van der Waals surface area contributed by atoms with E-state index in [0.29, 0.717) is 43.9 Å². The molecule has 0 bridgehead atoms. The Kier molecular flexibility index (Phi) is 8.60. The largest absolute Gasteiger partial charge is 0.383 e. The molecular weight excluding hydrogens is 318 g/mol. The Bertz CT molecular complexity index is 590. The van der Waals surface area contributed by atoms with Gasteiger partial charge >= 0.3 is 0 Å². The van der Waals surface area contributed by atoms with Crippen LogP contribution in [-0.2, 0) is 14.8 Å². The Morgan fingerprint density at radius 1 is 1.17 bits per heavy atom. The van der Waals surface area contributed by atoms with Crippen molar-refractivity contribution in [1.29, 1.82) is 0 Å². The van der Waals surface area contributed by atoms with Crippen molar-refractivity contribution >= 4 is 21.6 Å². The highest BCUT2D eigenvalue weighted by Gasteiger charge is 2.15. The molecule has 1 amide bonds. The van der Waals surface area contributed by atoms with E-state index in [1.54, 1.807) is 38.3 Å². The monoisotopic (exact) mass is 343 g/mol. The number of methoxy groups -OCH3 is 1. The summed E-state index contributed by atoms with van der Waals surface area (Å²) in [6.45, 7) is 4.15. The minimum atomic E-state index is -3.43. The molecule has 0 aromatic heterocycles. The lowest BCUT2D eigenvalue weighted by Crippen LogP contribution is -2.33. The van der Waals surface area contributed by atoms with Crippen LogP contribution in [0.15, 0.2) is 24.3 Å². The third-order valence-electron chi connectivity index (χ3n) is 2.98. The molecule has 0 fully saturated rings. The molecule has 0 saturated heterocycles. The molecule has 0 aliphatic heterocycles. The summed E-state index contributed by atoms with van der Waals surface area (Å²) in [6, 6.07) is 6.56. The van der Waals surface area contributed by atoms with Crippen LogP contribution in [-0.4, -0.2) is 53.4 Å². The van der Waals surface area contributed by atoms with E-state index in [1.807, 2.05) is 0 Å². The van der Waals surface area contributed by atoms with Crippen molar-refractivity contribution in [3.63, 3.8) is 0 Å². The summed E-state index contributed by atoms with van der Waals surface area (Å²) in [6.07, 6.45) is 0.511. The third kappa shape index (κ3) is 7.45. The number of benzene rings is 1. The van der Waals surface area contributed by atoms with Crippen molar-refractivity contribution in [3.8, 4) is 0 Å². The molecule has 130 valence electrons. The summed E-state index contributed by atoms with van der Waals surface area (Å²) in [7, 11) is -1.81. The Balaban J connectivity index is 2.60. The van der Waals surface area contributed by atoms with Gasteiger partial charge in [-0.15, -0.1) is 0 Å². The van der Waals surface area contributed by atoms with E-state index in [0.717, 1.165) is 0 Å². The lowest BCUT2D eigenvalue weighted by Gasteiger charge is -2.12. The lowest BCUT2D eigenvalue weighted by molar-refractivity contribution is 0.0954. The number of amides is 1. The number of ether oxygens (including phenoxy) is 1. The standard InChI is InChI=1S/C15H25N3O4S/c1-3-12-23(20,21)18-14-7-5-4-6-13(14)15(19)17-9-8-16-10-11-22-2/h4-7,16,18H,3,8-12H2,1-2H3,(H,17,19). The van der Waals surface area contributed by atoms with Gasteiger partial charge in [-0.05, 0) is 18.6 Å². The van der Waals surface area contributed by atoms with Crippen molar-refractivity contribution in [1.82, 2.24) is 10.6 Å². The first-order valence-electron chi connectivity index (χ1n) is 7.57. The summed E-state index contributed by atoms with van der Waals surface area (Å²) < 4.78 is 31.1. The maximum absolute atomic E-state index is 12.2. The van der Waals surface area contributed by atoms with Gasteiger partial charge in [0.05, 0.1) is 23.6 Å². The molecule has 0 spiro atoms. The van der Waals surface area contributed by atoms with Gasteiger partial charge < -0.3 is 15.4 Å². The minimum absolute atomic E-state index is 0.0202. The highest BCUT2D eigenvalue weighted by Crippen LogP contribution is 2.16. The Morgan fingerprint density at radius 2 is 1.91 bits per heavy atom. The van der Waals surface area contributed by atoms with Gasteiger partial charge in [0, 0.05) is 26.7 Å². The van der Waals surface area contributed by atoms with E-state index in [-0.39, 0.29) is 11.7 Å². The van der Waals surface area contributed by atoms with Gasteiger partial charge in [-0.1, -0.05) is 19.1 Å². The van der Waals surface area contributed by atoms with Crippen LogP contribution in [0.3, 0.4) is 0 Å². The molecule has 1 aromatic rings. The van der Waals surface area contributed by atoms with E-state index in [2.05, 4.69) is 15.4 Å². The first kappa shape index (κ1) is 19.4. The number of hydrogen-bond acceptors (Lipinski definition) is 5. The van der Waals surface area contributed by atoms with Crippen LogP contribution in [0, 0.1) is 0 Å². The second-order valence-corrected chi connectivity index (χ2v) is 6.81. The molecular formula is C15H25N3O4S. The molecule has 0 aliphatic carbocycles. The summed E-state index contributed by atoms with van der Waals surface area (Å²) in [4.78, 5) is 12.2. The number of hydrogen-bond donors (Lipinski definition) is 3. The molecule has 0 saturated carbocycles. The predicted octanol–water partition coefficient (Wildman–Crippen LogP) is 0.804. The first-order chi connectivity index (χ1) is 11.0. The summed E-state index contributed by atoms with van der Waals surface area (Å²) in [5.41, 5.74) is 0.606. The quantitative estimate of drug-likeness (QED) is 0.517. The summed E-state index contributed by atoms with van der Waals surface area (Å²) in [5.74, 6) is -0.292. The van der Waals surface area contributed by atoms with Crippen molar-refractivity contribution in [3.05, 3.63) is 29.8 Å². The van der Waals surface area contributed by atoms with Crippen LogP contribution in [0.4, 0.5) is 5.69 Å². The maximum atomic E-state index is 12.2. The molecule has 23 heavy (non-hydrogen) atoms. The van der Waals surface area contributed by atoms with E-state index in [9.17, 15) is 13.2 Å². The van der Waals surface area contributed by atoms with Crippen molar-refractivity contribution in [2.24, 2.45) is 0 Å². The van der Waals surface area contributed by atoms with Crippen molar-refractivity contribution < 1.29 is 17.9 Å². The number of sulfonamides is 1. The SMILES string of the molecule is CCCS(=O)(=O)Nc1ccccc1C(=O)NCCNCCOC. The van der Waals surface area contributed by atoms with E-state index in [4.69, 9.17) is 4.74 Å². The number of anilines is 1. The third-order valence-corrected chi connectivity index (χ3v) is 4.46. The second-order valence-electron chi connectivity index (χ2n) is 4.97. The van der Waals surface area contributed by atoms with Gasteiger partial charge in [0.2, 0.25) is 10.0 Å². The smallest absolute Gasteiger partial charge is 0.253 e.